The van der Waals surface area contributed by atoms with Crippen LogP contribution in [-0.2, 0) is 18.7 Å². The Labute approximate surface area is 226 Å². The molecule has 0 aromatic heterocycles. The van der Waals surface area contributed by atoms with Crippen molar-refractivity contribution in [3.8, 4) is 0 Å². The molecule has 0 heterocycles. The Kier molecular flexibility index (Phi) is 158. The minimum atomic E-state index is 0. The van der Waals surface area contributed by atoms with E-state index < -0.39 is 0 Å². The lowest BCUT2D eigenvalue weighted by Gasteiger charge is -2.05. The van der Waals surface area contributed by atoms with Crippen molar-refractivity contribution in [2.24, 2.45) is 5.73 Å². The van der Waals surface area contributed by atoms with Gasteiger partial charge in [0.15, 0.2) is 0 Å². The number of hydroxylamine groups is 1. The fourth-order valence-corrected chi connectivity index (χ4v) is 2.26. The Morgan fingerprint density at radius 2 is 1.26 bits per heavy atom. The van der Waals surface area contributed by atoms with E-state index >= 15 is 0 Å². The molecule has 1 unspecified atom stereocenters. The number of rotatable bonds is 18. The fraction of sp³-hybridized carbons (Fsp3) is 0.958. The molecule has 1 atom stereocenters. The van der Waals surface area contributed by atoms with Crippen molar-refractivity contribution in [2.45, 2.75) is 119 Å². The highest BCUT2D eigenvalue weighted by molar-refractivity contribution is 7.09. The van der Waals surface area contributed by atoms with Crippen molar-refractivity contribution in [3.63, 3.8) is 0 Å². The number of hydrogen-bond acceptors (Lipinski definition) is 7. The molecule has 0 aromatic rings. The zero-order valence-corrected chi connectivity index (χ0v) is 25.1. The molecule has 11 heteroatoms. The minimum absolute atomic E-state index is 0. The molecule has 0 rings (SSSR count). The van der Waals surface area contributed by atoms with Crippen LogP contribution in [0.1, 0.15) is 122 Å². The second-order valence-electron chi connectivity index (χ2n) is 6.01. The summed E-state index contributed by atoms with van der Waals surface area (Å²) in [5.41, 5.74) is 8.21. The first-order valence-electron chi connectivity index (χ1n) is 12.3. The number of nitrogens with one attached hydrogen (secondary N) is 1. The highest BCUT2D eigenvalue weighted by atomic mass is 31.0. The molecule has 0 aliphatic carbocycles. The molecule has 0 spiro atoms. The SMILES string of the molecule is C.C=O.CC.CC.CCCCCCCCONCCCCCCO.NCCCCOP.O.O.O=P.[HH].[HH]. The van der Waals surface area contributed by atoms with Gasteiger partial charge in [0.05, 0.1) is 13.2 Å². The number of aliphatic hydroxyl groups excluding tert-OH is 1. The average Bonchev–Trinajstić information content (AvgIpc) is 2.88. The summed E-state index contributed by atoms with van der Waals surface area (Å²) < 4.78 is 12.8. The van der Waals surface area contributed by atoms with Gasteiger partial charge in [0.2, 0.25) is 0 Å². The standard InChI is InChI=1S/C14H31NO2.C4H12NOP.2C2H6.CH2O.CH4.HOP.2H2O.2H2/c1-2-3-4-5-8-11-14-17-15-12-9-6-7-10-13-16;5-3-1-2-4-6-7;3*1-2;;1-2;;;;/h15-16H,2-14H2,1H3;1-5,7H2;2*1-2H3;1H2;1H4;2H;2*1H2;2*1H. The van der Waals surface area contributed by atoms with Crippen molar-refractivity contribution >= 4 is 25.4 Å². The number of carbonyl (C=O) groups excluding carboxylic acids is 1. The van der Waals surface area contributed by atoms with Crippen molar-refractivity contribution < 1.29 is 37.6 Å². The topological polar surface area (TPSA) is 174 Å². The van der Waals surface area contributed by atoms with Crippen molar-refractivity contribution in [1.29, 1.82) is 0 Å². The van der Waals surface area contributed by atoms with Gasteiger partial charge in [-0.25, -0.2) is 5.48 Å². The molecule has 0 aliphatic rings. The maximum Gasteiger partial charge on any atom is 0.138 e. The average molecular weight is 561 g/mol. The van der Waals surface area contributed by atoms with Gasteiger partial charge in [-0.05, 0) is 38.6 Å². The van der Waals surface area contributed by atoms with E-state index in [-0.39, 0.29) is 21.2 Å². The molecule has 0 saturated carbocycles. The van der Waals surface area contributed by atoms with E-state index in [0.717, 1.165) is 58.4 Å². The molecule has 0 aromatic carbocycles. The van der Waals surface area contributed by atoms with Crippen LogP contribution >= 0.6 is 18.6 Å². The third kappa shape index (κ3) is 108. The van der Waals surface area contributed by atoms with Crippen LogP contribution < -0.4 is 11.2 Å². The first-order valence-corrected chi connectivity index (χ1v) is 13.2. The van der Waals surface area contributed by atoms with Gasteiger partial charge >= 0.3 is 0 Å². The Morgan fingerprint density at radius 3 is 1.71 bits per heavy atom. The predicted molar refractivity (Wildman–Crippen MR) is 164 cm³/mol. The molecule has 8 N–H and O–H groups in total. The van der Waals surface area contributed by atoms with E-state index in [2.05, 4.69) is 21.9 Å². The van der Waals surface area contributed by atoms with Gasteiger partial charge in [-0.2, -0.15) is 0 Å². The lowest BCUT2D eigenvalue weighted by Crippen LogP contribution is -2.16. The van der Waals surface area contributed by atoms with Crippen LogP contribution in [0, 0.1) is 0 Å². The Bertz CT molecular complexity index is 233. The quantitative estimate of drug-likeness (QED) is 0.108. The van der Waals surface area contributed by atoms with Gasteiger partial charge in [-0.1, -0.05) is 87.0 Å². The maximum atomic E-state index is 8.60. The lowest BCUT2D eigenvalue weighted by atomic mass is 10.1. The zero-order chi connectivity index (χ0) is 26.1. The summed E-state index contributed by atoms with van der Waals surface area (Å²) >= 11 is 0. The maximum absolute atomic E-state index is 8.60. The highest BCUT2D eigenvalue weighted by Gasteiger charge is 1.92. The number of unbranched alkanes of at least 4 members (excludes halogenated alkanes) is 9. The van der Waals surface area contributed by atoms with Gasteiger partial charge in [-0.3, -0.25) is 4.57 Å². The van der Waals surface area contributed by atoms with E-state index in [9.17, 15) is 0 Å². The van der Waals surface area contributed by atoms with Crippen LogP contribution in [0.15, 0.2) is 0 Å². The summed E-state index contributed by atoms with van der Waals surface area (Å²) in [6.45, 7) is 15.9. The highest BCUT2D eigenvalue weighted by Crippen LogP contribution is 2.04. The molecule has 228 valence electrons. The smallest absolute Gasteiger partial charge is 0.138 e. The Balaban J connectivity index is -0.0000000322. The summed E-state index contributed by atoms with van der Waals surface area (Å²) in [5.74, 6) is 0. The van der Waals surface area contributed by atoms with E-state index in [0.29, 0.717) is 6.61 Å². The molecular formula is C24H70N2O7P2. The molecule has 0 bridgehead atoms. The third-order valence-electron chi connectivity index (χ3n) is 3.61. The normalized spacial score (nSPS) is 7.77. The lowest BCUT2D eigenvalue weighted by molar-refractivity contribution is -0.0980. The number of nitrogens with two attached hydrogens (primary N) is 1. The van der Waals surface area contributed by atoms with Crippen molar-refractivity contribution in [2.75, 3.05) is 32.9 Å². The van der Waals surface area contributed by atoms with E-state index in [4.69, 9.17) is 29.6 Å². The Hall–Kier alpha value is -0.0800. The van der Waals surface area contributed by atoms with Gasteiger partial charge in [0, 0.05) is 25.5 Å². The Morgan fingerprint density at radius 1 is 0.829 bits per heavy atom. The van der Waals surface area contributed by atoms with Gasteiger partial charge in [0.1, 0.15) is 15.9 Å². The molecule has 35 heavy (non-hydrogen) atoms. The van der Waals surface area contributed by atoms with E-state index in [1.54, 1.807) is 9.12 Å². The van der Waals surface area contributed by atoms with Gasteiger partial charge < -0.3 is 35.9 Å². The van der Waals surface area contributed by atoms with Crippen LogP contribution in [0.25, 0.3) is 0 Å². The van der Waals surface area contributed by atoms with Gasteiger partial charge in [-0.15, -0.1) is 0 Å². The first-order chi connectivity index (χ1) is 15.8. The second-order valence-corrected chi connectivity index (χ2v) is 6.35. The third-order valence-corrected chi connectivity index (χ3v) is 3.84. The van der Waals surface area contributed by atoms with Crippen molar-refractivity contribution in [3.05, 3.63) is 0 Å². The largest absolute Gasteiger partial charge is 0.412 e. The monoisotopic (exact) mass is 560 g/mol. The van der Waals surface area contributed by atoms with E-state index in [1.807, 2.05) is 34.5 Å². The minimum Gasteiger partial charge on any atom is -0.412 e. The summed E-state index contributed by atoms with van der Waals surface area (Å²) in [7, 11) is 3.93. The molecule has 9 nitrogen and oxygen atoms in total. The first kappa shape index (κ1) is 59.8. The summed E-state index contributed by atoms with van der Waals surface area (Å²) in [5, 5.41) is 8.60. The molecule has 0 amide bonds. The number of hydrogen-bond donors (Lipinski definition) is 3. The number of aliphatic hydroxyl groups is 1. The van der Waals surface area contributed by atoms with E-state index in [1.165, 1.54) is 44.9 Å². The van der Waals surface area contributed by atoms with Crippen LogP contribution in [0.2, 0.25) is 0 Å². The van der Waals surface area contributed by atoms with Crippen molar-refractivity contribution in [1.82, 2.24) is 5.48 Å². The van der Waals surface area contributed by atoms with Crippen LogP contribution in [0.4, 0.5) is 0 Å². The number of carbonyl (C=O) groups is 1. The molecule has 0 fully saturated rings. The van der Waals surface area contributed by atoms with Gasteiger partial charge in [0.25, 0.3) is 0 Å². The van der Waals surface area contributed by atoms with Crippen LogP contribution in [-0.4, -0.2) is 55.8 Å². The molecular weight excluding hydrogens is 490 g/mol. The predicted octanol–water partition coefficient (Wildman–Crippen LogP) is 5.77. The summed E-state index contributed by atoms with van der Waals surface area (Å²) in [6.07, 6.45) is 14.3. The zero-order valence-electron chi connectivity index (χ0n) is 23.0. The second kappa shape index (κ2) is 92.6. The molecule has 0 saturated heterocycles. The fourth-order valence-electron chi connectivity index (χ4n) is 2.09. The summed E-state index contributed by atoms with van der Waals surface area (Å²) in [4.78, 5) is 13.3. The molecule has 0 radical (unpaired) electrons. The van der Waals surface area contributed by atoms with Crippen LogP contribution in [0.3, 0.4) is 0 Å². The molecule has 0 aliphatic heterocycles. The summed E-state index contributed by atoms with van der Waals surface area (Å²) in [6, 6.07) is 0. The van der Waals surface area contributed by atoms with Crippen LogP contribution in [0.5, 0.6) is 0 Å².